The first-order chi connectivity index (χ1) is 11.2. The minimum Gasteiger partial charge on any atom is -0.393 e. The molecule has 4 N–H and O–H groups in total. The quantitative estimate of drug-likeness (QED) is 0.598. The number of nitrogens with two attached hydrogens (primary N) is 1. The van der Waals surface area contributed by atoms with Gasteiger partial charge in [-0.05, 0) is 24.6 Å². The molecule has 0 unspecified atom stereocenters. The molecule has 3 rings (SSSR count). The van der Waals surface area contributed by atoms with Crippen molar-refractivity contribution in [3.63, 3.8) is 0 Å². The number of nitrogen functional groups attached to an aromatic ring is 1. The molecule has 0 aliphatic carbocycles. The summed E-state index contributed by atoms with van der Waals surface area (Å²) >= 11 is 1.56. The van der Waals surface area contributed by atoms with Crippen molar-refractivity contribution in [3.05, 3.63) is 30.1 Å². The molecule has 0 fully saturated rings. The number of aryl methyl sites for hydroxylation is 1. The van der Waals surface area contributed by atoms with Gasteiger partial charge in [0.15, 0.2) is 16.8 Å². The summed E-state index contributed by atoms with van der Waals surface area (Å²) in [5.41, 5.74) is 8.74. The van der Waals surface area contributed by atoms with Gasteiger partial charge >= 0.3 is 0 Å². The average molecular weight is 330 g/mol. The first-order valence-corrected chi connectivity index (χ1v) is 7.96. The van der Waals surface area contributed by atoms with Crippen molar-refractivity contribution in [2.75, 3.05) is 36.6 Å². The highest BCUT2D eigenvalue weighted by atomic mass is 32.1. The van der Waals surface area contributed by atoms with Gasteiger partial charge in [-0.3, -0.25) is 0 Å². The van der Waals surface area contributed by atoms with E-state index in [1.165, 1.54) is 11.9 Å². The summed E-state index contributed by atoms with van der Waals surface area (Å²) in [6, 6.07) is 6.16. The van der Waals surface area contributed by atoms with E-state index in [0.29, 0.717) is 30.5 Å². The average Bonchev–Trinajstić information content (AvgIpc) is 2.92. The fourth-order valence-corrected chi connectivity index (χ4v) is 3.06. The lowest BCUT2D eigenvalue weighted by atomic mass is 10.2. The van der Waals surface area contributed by atoms with Gasteiger partial charge < -0.3 is 21.1 Å². The second-order valence-electron chi connectivity index (χ2n) is 5.02. The van der Waals surface area contributed by atoms with Crippen LogP contribution in [0, 0.1) is 6.92 Å². The van der Waals surface area contributed by atoms with Crippen LogP contribution in [0.25, 0.3) is 10.2 Å². The summed E-state index contributed by atoms with van der Waals surface area (Å²) in [6.45, 7) is 3.26. The lowest BCUT2D eigenvalue weighted by Gasteiger charge is -2.10. The number of hydrogen-bond donors (Lipinski definition) is 3. The van der Waals surface area contributed by atoms with Crippen LogP contribution in [0.15, 0.2) is 24.5 Å². The van der Waals surface area contributed by atoms with Gasteiger partial charge in [-0.25, -0.2) is 15.0 Å². The molecule has 2 heterocycles. The molecule has 23 heavy (non-hydrogen) atoms. The highest BCUT2D eigenvalue weighted by molar-refractivity contribution is 7.22. The van der Waals surface area contributed by atoms with Crippen molar-refractivity contribution < 1.29 is 4.74 Å². The summed E-state index contributed by atoms with van der Waals surface area (Å²) < 4.78 is 6.13. The molecule has 0 saturated carbocycles. The lowest BCUT2D eigenvalue weighted by molar-refractivity contribution is 0.210. The van der Waals surface area contributed by atoms with Crippen LogP contribution in [0.3, 0.4) is 0 Å². The number of nitrogens with one attached hydrogen (secondary N) is 2. The van der Waals surface area contributed by atoms with E-state index in [1.54, 1.807) is 18.4 Å². The van der Waals surface area contributed by atoms with Gasteiger partial charge in [0.05, 0.1) is 16.8 Å². The molecule has 0 bridgehead atoms. The number of hydrogen-bond acceptors (Lipinski definition) is 8. The summed E-state index contributed by atoms with van der Waals surface area (Å²) in [7, 11) is 1.65. The van der Waals surface area contributed by atoms with Crippen molar-refractivity contribution in [2.45, 2.75) is 6.92 Å². The number of anilines is 4. The van der Waals surface area contributed by atoms with Crippen LogP contribution in [-0.4, -0.2) is 35.2 Å². The van der Waals surface area contributed by atoms with Gasteiger partial charge in [0, 0.05) is 13.7 Å². The molecule has 0 radical (unpaired) electrons. The van der Waals surface area contributed by atoms with Gasteiger partial charge in [-0.15, -0.1) is 0 Å². The maximum atomic E-state index is 6.12. The molecule has 0 aliphatic rings. The molecule has 0 saturated heterocycles. The third-order valence-corrected chi connectivity index (χ3v) is 4.19. The van der Waals surface area contributed by atoms with E-state index in [4.69, 9.17) is 10.5 Å². The van der Waals surface area contributed by atoms with E-state index in [2.05, 4.69) is 38.6 Å². The number of fused-ring (bicyclic) bond motifs is 1. The highest BCUT2D eigenvalue weighted by Gasteiger charge is 2.10. The number of nitrogens with zero attached hydrogens (tertiary/aromatic N) is 3. The summed E-state index contributed by atoms with van der Waals surface area (Å²) in [4.78, 5) is 12.9. The van der Waals surface area contributed by atoms with Crippen molar-refractivity contribution in [2.24, 2.45) is 0 Å². The number of ether oxygens (including phenoxy) is 1. The second kappa shape index (κ2) is 6.76. The van der Waals surface area contributed by atoms with Crippen LogP contribution >= 0.6 is 11.3 Å². The number of methoxy groups -OCH3 is 1. The Morgan fingerprint density at radius 1 is 1.26 bits per heavy atom. The fourth-order valence-electron chi connectivity index (χ4n) is 2.09. The van der Waals surface area contributed by atoms with Gasteiger partial charge in [0.1, 0.15) is 12.0 Å². The third-order valence-electron chi connectivity index (χ3n) is 3.25. The van der Waals surface area contributed by atoms with E-state index < -0.39 is 0 Å². The molecule has 0 aliphatic heterocycles. The Balaban J connectivity index is 1.82. The zero-order valence-electron chi connectivity index (χ0n) is 13.0. The smallest absolute Gasteiger partial charge is 0.189 e. The Kier molecular flexibility index (Phi) is 4.54. The zero-order chi connectivity index (χ0) is 16.2. The molecule has 3 aromatic rings. The summed E-state index contributed by atoms with van der Waals surface area (Å²) in [5.74, 6) is 1.12. The van der Waals surface area contributed by atoms with Gasteiger partial charge in [0.25, 0.3) is 0 Å². The molecule has 8 heteroatoms. The minimum atomic E-state index is 0.457. The fraction of sp³-hybridized carbons (Fsp3) is 0.267. The lowest BCUT2D eigenvalue weighted by Crippen LogP contribution is -2.12. The second-order valence-corrected chi connectivity index (χ2v) is 6.05. The number of thiazole rings is 1. The van der Waals surface area contributed by atoms with Gasteiger partial charge in [-0.1, -0.05) is 17.4 Å². The minimum absolute atomic E-state index is 0.457. The van der Waals surface area contributed by atoms with Gasteiger partial charge in [0.2, 0.25) is 0 Å². The Morgan fingerprint density at radius 3 is 2.91 bits per heavy atom. The predicted octanol–water partition coefficient (Wildman–Crippen LogP) is 2.78. The molecule has 2 aromatic heterocycles. The Labute approximate surface area is 137 Å². The monoisotopic (exact) mass is 330 g/mol. The maximum Gasteiger partial charge on any atom is 0.189 e. The van der Waals surface area contributed by atoms with Crippen molar-refractivity contribution in [3.8, 4) is 0 Å². The molecule has 0 atom stereocenters. The zero-order valence-corrected chi connectivity index (χ0v) is 13.8. The van der Waals surface area contributed by atoms with E-state index in [1.807, 2.05) is 12.1 Å². The van der Waals surface area contributed by atoms with Crippen molar-refractivity contribution in [1.29, 1.82) is 0 Å². The van der Waals surface area contributed by atoms with E-state index in [9.17, 15) is 0 Å². The SMILES string of the molecule is COCCNc1ncnc(Nc2nc3ccc(C)cc3s2)c1N. The van der Waals surface area contributed by atoms with E-state index >= 15 is 0 Å². The van der Waals surface area contributed by atoms with Crippen molar-refractivity contribution >= 4 is 44.0 Å². The van der Waals surface area contributed by atoms with E-state index in [-0.39, 0.29) is 0 Å². The van der Waals surface area contributed by atoms with Crippen molar-refractivity contribution in [1.82, 2.24) is 15.0 Å². The molecule has 7 nitrogen and oxygen atoms in total. The number of rotatable bonds is 6. The Morgan fingerprint density at radius 2 is 2.09 bits per heavy atom. The summed E-state index contributed by atoms with van der Waals surface area (Å²) in [6.07, 6.45) is 1.46. The van der Waals surface area contributed by atoms with Crippen LogP contribution in [0.2, 0.25) is 0 Å². The van der Waals surface area contributed by atoms with Gasteiger partial charge in [-0.2, -0.15) is 0 Å². The molecular formula is C15H18N6OS. The Hall–Kier alpha value is -2.45. The molecule has 0 amide bonds. The Bertz CT molecular complexity index is 819. The van der Waals surface area contributed by atoms with Crippen LogP contribution in [0.1, 0.15) is 5.56 Å². The molecular weight excluding hydrogens is 312 g/mol. The first-order valence-electron chi connectivity index (χ1n) is 7.15. The molecule has 0 spiro atoms. The number of aromatic nitrogens is 3. The van der Waals surface area contributed by atoms with Crippen LogP contribution in [0.4, 0.5) is 22.5 Å². The topological polar surface area (TPSA) is 98.0 Å². The van der Waals surface area contributed by atoms with Crippen LogP contribution < -0.4 is 16.4 Å². The highest BCUT2D eigenvalue weighted by Crippen LogP contribution is 2.31. The number of benzene rings is 1. The normalized spacial score (nSPS) is 10.9. The van der Waals surface area contributed by atoms with E-state index in [0.717, 1.165) is 15.3 Å². The summed E-state index contributed by atoms with van der Waals surface area (Å²) in [5, 5.41) is 7.04. The first kappa shape index (κ1) is 15.4. The maximum absolute atomic E-state index is 6.12. The largest absolute Gasteiger partial charge is 0.393 e. The molecule has 1 aromatic carbocycles. The van der Waals surface area contributed by atoms with Crippen LogP contribution in [0.5, 0.6) is 0 Å². The third kappa shape index (κ3) is 3.49. The predicted molar refractivity (Wildman–Crippen MR) is 94.4 cm³/mol. The van der Waals surface area contributed by atoms with Crippen LogP contribution in [-0.2, 0) is 4.74 Å². The standard InChI is InChI=1S/C15H18N6OS/c1-9-3-4-10-11(7-9)23-15(20-10)21-14-12(16)13(18-8-19-14)17-5-6-22-2/h3-4,7-8H,5-6,16H2,1-2H3,(H2,17,18,19,20,21). The molecule has 120 valence electrons.